The van der Waals surface area contributed by atoms with Crippen LogP contribution in [0.15, 0.2) is 22.7 Å². The Balaban J connectivity index is 1.36. The van der Waals surface area contributed by atoms with Crippen LogP contribution in [0.25, 0.3) is 11.0 Å². The zero-order valence-electron chi connectivity index (χ0n) is 15.9. The van der Waals surface area contributed by atoms with Crippen LogP contribution in [0, 0.1) is 5.92 Å². The topological polar surface area (TPSA) is 78.7 Å². The number of hydrogen-bond acceptors (Lipinski definition) is 6. The van der Waals surface area contributed by atoms with Gasteiger partial charge in [0.2, 0.25) is 11.8 Å². The standard InChI is InChI=1S/C20H24N4O3S/c1-12-19(13-2-4-23(12)5-3-13)22-20(26)15-9-16-14(10-21-15)8-18(27-16)24-6-7-28-11-17(24)25/h8-10,12-13,19H,2-7,11H2,1H3,(H,22,26)/t12-,19-/m0/s1. The van der Waals surface area contributed by atoms with E-state index in [9.17, 15) is 9.59 Å². The molecule has 6 heterocycles. The van der Waals surface area contributed by atoms with E-state index in [0.717, 1.165) is 37.1 Å². The van der Waals surface area contributed by atoms with Crippen molar-refractivity contribution in [2.24, 2.45) is 5.92 Å². The Morgan fingerprint density at radius 1 is 1.29 bits per heavy atom. The molecule has 4 saturated heterocycles. The highest BCUT2D eigenvalue weighted by Gasteiger charge is 2.40. The molecular formula is C20H24N4O3S. The summed E-state index contributed by atoms with van der Waals surface area (Å²) in [7, 11) is 0. The van der Waals surface area contributed by atoms with E-state index >= 15 is 0 Å². The van der Waals surface area contributed by atoms with Gasteiger partial charge < -0.3 is 9.73 Å². The van der Waals surface area contributed by atoms with Gasteiger partial charge in [0.15, 0.2) is 0 Å². The molecule has 0 aliphatic carbocycles. The van der Waals surface area contributed by atoms with Crippen LogP contribution >= 0.6 is 11.8 Å². The van der Waals surface area contributed by atoms with E-state index in [-0.39, 0.29) is 17.9 Å². The number of thioether (sulfide) groups is 1. The van der Waals surface area contributed by atoms with Crippen LogP contribution in [0.3, 0.4) is 0 Å². The van der Waals surface area contributed by atoms with Crippen LogP contribution < -0.4 is 10.2 Å². The van der Waals surface area contributed by atoms with Crippen LogP contribution in [0.1, 0.15) is 30.3 Å². The summed E-state index contributed by atoms with van der Waals surface area (Å²) in [6, 6.07) is 4.04. The number of amides is 2. The fourth-order valence-electron chi connectivity index (χ4n) is 4.70. The molecule has 148 valence electrons. The lowest BCUT2D eigenvalue weighted by molar-refractivity contribution is -0.116. The van der Waals surface area contributed by atoms with E-state index in [1.807, 2.05) is 6.07 Å². The third kappa shape index (κ3) is 3.08. The lowest BCUT2D eigenvalue weighted by Gasteiger charge is -2.49. The number of furan rings is 1. The molecule has 7 nitrogen and oxygen atoms in total. The predicted molar refractivity (Wildman–Crippen MR) is 109 cm³/mol. The average molecular weight is 401 g/mol. The monoisotopic (exact) mass is 400 g/mol. The summed E-state index contributed by atoms with van der Waals surface area (Å²) in [5, 5.41) is 4.01. The van der Waals surface area contributed by atoms with Crippen LogP contribution in [-0.2, 0) is 4.79 Å². The van der Waals surface area contributed by atoms with Gasteiger partial charge in [-0.15, -0.1) is 0 Å². The number of piperidine rings is 3. The number of nitrogens with zero attached hydrogens (tertiary/aromatic N) is 3. The van der Waals surface area contributed by atoms with Crippen molar-refractivity contribution in [2.75, 3.05) is 36.0 Å². The number of fused-ring (bicyclic) bond motifs is 4. The molecule has 8 heteroatoms. The molecule has 2 atom stereocenters. The quantitative estimate of drug-likeness (QED) is 0.850. The largest absolute Gasteiger partial charge is 0.440 e. The van der Waals surface area contributed by atoms with Crippen molar-refractivity contribution in [2.45, 2.75) is 31.8 Å². The molecule has 0 saturated carbocycles. The molecule has 4 aliphatic heterocycles. The van der Waals surface area contributed by atoms with Gasteiger partial charge >= 0.3 is 0 Å². The fourth-order valence-corrected chi connectivity index (χ4v) is 5.48. The van der Waals surface area contributed by atoms with Gasteiger partial charge in [0, 0.05) is 48.1 Å². The Morgan fingerprint density at radius 3 is 2.86 bits per heavy atom. The number of aromatic nitrogens is 1. The van der Waals surface area contributed by atoms with Crippen LogP contribution in [0.2, 0.25) is 0 Å². The Hall–Kier alpha value is -2.06. The maximum atomic E-state index is 12.8. The third-order valence-electron chi connectivity index (χ3n) is 6.35. The van der Waals surface area contributed by atoms with Crippen molar-refractivity contribution < 1.29 is 14.0 Å². The van der Waals surface area contributed by atoms with Crippen LogP contribution in [-0.4, -0.2) is 64.9 Å². The molecule has 4 fully saturated rings. The third-order valence-corrected chi connectivity index (χ3v) is 7.27. The normalized spacial score (nSPS) is 30.0. The molecule has 2 bridgehead atoms. The summed E-state index contributed by atoms with van der Waals surface area (Å²) in [6.45, 7) is 5.10. The van der Waals surface area contributed by atoms with Gasteiger partial charge in [-0.3, -0.25) is 24.4 Å². The second kappa shape index (κ2) is 7.08. The summed E-state index contributed by atoms with van der Waals surface area (Å²) in [5.41, 5.74) is 0.945. The first-order chi connectivity index (χ1) is 13.6. The number of carbonyl (C=O) groups is 2. The number of pyridine rings is 1. The first-order valence-corrected chi connectivity index (χ1v) is 11.1. The Morgan fingerprint density at radius 2 is 2.11 bits per heavy atom. The molecule has 0 spiro atoms. The second-order valence-corrected chi connectivity index (χ2v) is 9.01. The molecule has 0 unspecified atom stereocenters. The highest BCUT2D eigenvalue weighted by atomic mass is 32.2. The molecule has 6 rings (SSSR count). The van der Waals surface area contributed by atoms with Gasteiger partial charge in [0.1, 0.15) is 11.3 Å². The van der Waals surface area contributed by atoms with Crippen molar-refractivity contribution in [1.29, 1.82) is 0 Å². The van der Waals surface area contributed by atoms with E-state index in [0.29, 0.717) is 41.4 Å². The number of hydrogen-bond donors (Lipinski definition) is 1. The molecule has 2 amide bonds. The molecule has 0 radical (unpaired) electrons. The number of nitrogens with one attached hydrogen (secondary N) is 1. The van der Waals surface area contributed by atoms with E-state index in [4.69, 9.17) is 4.42 Å². The minimum Gasteiger partial charge on any atom is -0.440 e. The van der Waals surface area contributed by atoms with Gasteiger partial charge in [-0.05, 0) is 38.8 Å². The van der Waals surface area contributed by atoms with E-state index in [1.165, 1.54) is 0 Å². The lowest BCUT2D eigenvalue weighted by Crippen LogP contribution is -2.62. The van der Waals surface area contributed by atoms with Crippen LogP contribution in [0.5, 0.6) is 0 Å². The molecule has 2 aromatic heterocycles. The van der Waals surface area contributed by atoms with E-state index in [2.05, 4.69) is 22.1 Å². The van der Waals surface area contributed by atoms with Gasteiger partial charge in [0.25, 0.3) is 5.91 Å². The number of rotatable bonds is 3. The number of carbonyl (C=O) groups excluding carboxylic acids is 2. The average Bonchev–Trinajstić information content (AvgIpc) is 3.14. The molecule has 0 aromatic carbocycles. The lowest BCUT2D eigenvalue weighted by atomic mass is 9.79. The Labute approximate surface area is 167 Å². The minimum atomic E-state index is -0.157. The fraction of sp³-hybridized carbons (Fsp3) is 0.550. The Kier molecular flexibility index (Phi) is 4.55. The SMILES string of the molecule is C[C@H]1[C@H](NC(=O)c2cc3oc(N4CCSCC4=O)cc3cn2)C2CCN1CC2. The molecular weight excluding hydrogens is 376 g/mol. The Bertz CT molecular complexity index is 919. The van der Waals surface area contributed by atoms with Crippen molar-refractivity contribution in [3.05, 3.63) is 24.0 Å². The van der Waals surface area contributed by atoms with Crippen molar-refractivity contribution in [1.82, 2.24) is 15.2 Å². The van der Waals surface area contributed by atoms with E-state index in [1.54, 1.807) is 28.9 Å². The molecule has 4 aliphatic rings. The van der Waals surface area contributed by atoms with E-state index < -0.39 is 0 Å². The van der Waals surface area contributed by atoms with Crippen molar-refractivity contribution in [3.8, 4) is 0 Å². The van der Waals surface area contributed by atoms with Crippen molar-refractivity contribution >= 4 is 40.4 Å². The molecule has 1 N–H and O–H groups in total. The summed E-state index contributed by atoms with van der Waals surface area (Å²) in [5.74, 6) is 2.35. The summed E-state index contributed by atoms with van der Waals surface area (Å²) < 4.78 is 5.90. The summed E-state index contributed by atoms with van der Waals surface area (Å²) in [6.07, 6.45) is 3.94. The predicted octanol–water partition coefficient (Wildman–Crippen LogP) is 2.12. The zero-order chi connectivity index (χ0) is 19.3. The second-order valence-electron chi connectivity index (χ2n) is 7.90. The van der Waals surface area contributed by atoms with Gasteiger partial charge in [0.05, 0.1) is 5.75 Å². The van der Waals surface area contributed by atoms with Crippen molar-refractivity contribution in [3.63, 3.8) is 0 Å². The summed E-state index contributed by atoms with van der Waals surface area (Å²) >= 11 is 1.63. The maximum absolute atomic E-state index is 12.8. The first-order valence-electron chi connectivity index (χ1n) is 9.93. The van der Waals surface area contributed by atoms with Gasteiger partial charge in [-0.25, -0.2) is 0 Å². The summed E-state index contributed by atoms with van der Waals surface area (Å²) in [4.78, 5) is 33.4. The molecule has 2 aromatic rings. The first kappa shape index (κ1) is 18.0. The number of anilines is 1. The molecule has 28 heavy (non-hydrogen) atoms. The van der Waals surface area contributed by atoms with Gasteiger partial charge in [-0.2, -0.15) is 11.8 Å². The maximum Gasteiger partial charge on any atom is 0.270 e. The smallest absolute Gasteiger partial charge is 0.270 e. The highest BCUT2D eigenvalue weighted by Crippen LogP contribution is 2.32. The van der Waals surface area contributed by atoms with Crippen LogP contribution in [0.4, 0.5) is 5.88 Å². The minimum absolute atomic E-state index is 0.0533. The highest BCUT2D eigenvalue weighted by molar-refractivity contribution is 8.00. The zero-order valence-corrected chi connectivity index (χ0v) is 16.7. The van der Waals surface area contributed by atoms with Gasteiger partial charge in [-0.1, -0.05) is 0 Å².